The Morgan fingerprint density at radius 1 is 1.13 bits per heavy atom. The van der Waals surface area contributed by atoms with Gasteiger partial charge >= 0.3 is 0 Å². The number of amides is 1. The third-order valence-electron chi connectivity index (χ3n) is 3.47. The molecule has 1 heterocycles. The molecule has 2 aromatic carbocycles. The van der Waals surface area contributed by atoms with E-state index in [0.717, 1.165) is 11.3 Å². The molecular weight excluding hydrogens is 288 g/mol. The van der Waals surface area contributed by atoms with Gasteiger partial charge in [0.05, 0.1) is 18.0 Å². The van der Waals surface area contributed by atoms with Gasteiger partial charge in [-0.15, -0.1) is 0 Å². The molecular formula is C18H14N4O. The molecule has 0 saturated heterocycles. The maximum Gasteiger partial charge on any atom is 0.251 e. The monoisotopic (exact) mass is 302 g/mol. The van der Waals surface area contributed by atoms with Crippen molar-refractivity contribution in [3.8, 4) is 11.8 Å². The molecule has 0 unspecified atom stereocenters. The Kier molecular flexibility index (Phi) is 4.16. The highest BCUT2D eigenvalue weighted by Crippen LogP contribution is 2.09. The Labute approximate surface area is 133 Å². The summed E-state index contributed by atoms with van der Waals surface area (Å²) >= 11 is 0. The lowest BCUT2D eigenvalue weighted by Crippen LogP contribution is -2.22. The Morgan fingerprint density at radius 2 is 1.87 bits per heavy atom. The van der Waals surface area contributed by atoms with Crippen LogP contribution in [0.2, 0.25) is 0 Å². The number of imidazole rings is 1. The van der Waals surface area contributed by atoms with E-state index in [1.54, 1.807) is 36.8 Å². The van der Waals surface area contributed by atoms with Crippen LogP contribution in [0.25, 0.3) is 5.69 Å². The molecule has 0 aliphatic rings. The zero-order valence-electron chi connectivity index (χ0n) is 12.3. The first kappa shape index (κ1) is 14.5. The van der Waals surface area contributed by atoms with Gasteiger partial charge in [0.15, 0.2) is 0 Å². The third kappa shape index (κ3) is 3.44. The van der Waals surface area contributed by atoms with Crippen LogP contribution in [-0.2, 0) is 6.54 Å². The van der Waals surface area contributed by atoms with Gasteiger partial charge in [-0.1, -0.05) is 12.1 Å². The average Bonchev–Trinajstić information content (AvgIpc) is 3.15. The summed E-state index contributed by atoms with van der Waals surface area (Å²) in [6.07, 6.45) is 5.34. The zero-order chi connectivity index (χ0) is 16.1. The second kappa shape index (κ2) is 6.58. The van der Waals surface area contributed by atoms with Crippen LogP contribution in [0.15, 0.2) is 67.3 Å². The molecule has 1 N–H and O–H groups in total. The number of rotatable bonds is 4. The van der Waals surface area contributed by atoms with Crippen LogP contribution in [0, 0.1) is 11.3 Å². The predicted octanol–water partition coefficient (Wildman–Crippen LogP) is 2.67. The summed E-state index contributed by atoms with van der Waals surface area (Å²) in [6, 6.07) is 16.5. The van der Waals surface area contributed by atoms with Gasteiger partial charge in [-0.25, -0.2) is 4.98 Å². The van der Waals surface area contributed by atoms with E-state index in [2.05, 4.69) is 10.3 Å². The molecule has 3 rings (SSSR count). The molecule has 23 heavy (non-hydrogen) atoms. The van der Waals surface area contributed by atoms with Crippen molar-refractivity contribution in [1.29, 1.82) is 5.26 Å². The van der Waals surface area contributed by atoms with E-state index in [4.69, 9.17) is 5.26 Å². The lowest BCUT2D eigenvalue weighted by Gasteiger charge is -2.07. The molecule has 1 aromatic heterocycles. The number of nitrogens with one attached hydrogen (secondary N) is 1. The molecule has 5 heteroatoms. The maximum absolute atomic E-state index is 12.1. The largest absolute Gasteiger partial charge is 0.348 e. The van der Waals surface area contributed by atoms with Crippen LogP contribution in [0.5, 0.6) is 0 Å². The molecule has 112 valence electrons. The van der Waals surface area contributed by atoms with E-state index in [1.165, 1.54) is 0 Å². The van der Waals surface area contributed by atoms with Crippen molar-refractivity contribution in [2.24, 2.45) is 0 Å². The van der Waals surface area contributed by atoms with Crippen molar-refractivity contribution in [2.75, 3.05) is 0 Å². The van der Waals surface area contributed by atoms with Gasteiger partial charge in [0.1, 0.15) is 0 Å². The van der Waals surface area contributed by atoms with Gasteiger partial charge in [-0.3, -0.25) is 4.79 Å². The first-order valence-electron chi connectivity index (χ1n) is 7.12. The summed E-state index contributed by atoms with van der Waals surface area (Å²) in [6.45, 7) is 0.447. The first-order valence-corrected chi connectivity index (χ1v) is 7.12. The van der Waals surface area contributed by atoms with Crippen LogP contribution < -0.4 is 5.32 Å². The number of benzene rings is 2. The van der Waals surface area contributed by atoms with Crippen LogP contribution >= 0.6 is 0 Å². The lowest BCUT2D eigenvalue weighted by atomic mass is 10.1. The summed E-state index contributed by atoms with van der Waals surface area (Å²) in [5.41, 5.74) is 3.11. The molecule has 0 atom stereocenters. The number of hydrogen-bond acceptors (Lipinski definition) is 3. The SMILES string of the molecule is N#Cc1ccc(C(=O)NCc2ccc(-n3ccnc3)cc2)cc1. The fourth-order valence-electron chi connectivity index (χ4n) is 2.18. The number of hydrogen-bond donors (Lipinski definition) is 1. The van der Waals surface area contributed by atoms with E-state index < -0.39 is 0 Å². The molecule has 0 fully saturated rings. The highest BCUT2D eigenvalue weighted by atomic mass is 16.1. The molecule has 0 saturated carbocycles. The van der Waals surface area contributed by atoms with Crippen LogP contribution in [0.3, 0.4) is 0 Å². The number of carbonyl (C=O) groups is 1. The fourth-order valence-corrected chi connectivity index (χ4v) is 2.18. The van der Waals surface area contributed by atoms with Gasteiger partial charge in [-0.2, -0.15) is 5.26 Å². The molecule has 0 bridgehead atoms. The highest BCUT2D eigenvalue weighted by Gasteiger charge is 2.05. The van der Waals surface area contributed by atoms with Crippen LogP contribution in [0.1, 0.15) is 21.5 Å². The number of nitrogens with zero attached hydrogens (tertiary/aromatic N) is 3. The van der Waals surface area contributed by atoms with Gasteiger partial charge in [0, 0.05) is 30.2 Å². The van der Waals surface area contributed by atoms with Crippen molar-refractivity contribution in [3.05, 3.63) is 83.9 Å². The number of carbonyl (C=O) groups excluding carboxylic acids is 1. The second-order valence-electron chi connectivity index (χ2n) is 5.01. The summed E-state index contributed by atoms with van der Waals surface area (Å²) < 4.78 is 1.92. The van der Waals surface area contributed by atoms with Gasteiger partial charge in [0.25, 0.3) is 5.91 Å². The Bertz CT molecular complexity index is 828. The number of aromatic nitrogens is 2. The minimum absolute atomic E-state index is 0.159. The van der Waals surface area contributed by atoms with Gasteiger partial charge < -0.3 is 9.88 Å². The predicted molar refractivity (Wildman–Crippen MR) is 85.9 cm³/mol. The van der Waals surface area contributed by atoms with Crippen LogP contribution in [-0.4, -0.2) is 15.5 Å². The summed E-state index contributed by atoms with van der Waals surface area (Å²) in [4.78, 5) is 16.1. The fraction of sp³-hybridized carbons (Fsp3) is 0.0556. The lowest BCUT2D eigenvalue weighted by molar-refractivity contribution is 0.0951. The molecule has 3 aromatic rings. The van der Waals surface area contributed by atoms with E-state index in [0.29, 0.717) is 17.7 Å². The van der Waals surface area contributed by atoms with E-state index in [1.807, 2.05) is 41.1 Å². The molecule has 5 nitrogen and oxygen atoms in total. The first-order chi connectivity index (χ1) is 11.3. The Hall–Kier alpha value is -3.39. The average molecular weight is 302 g/mol. The van der Waals surface area contributed by atoms with Crippen LogP contribution in [0.4, 0.5) is 0 Å². The standard InChI is InChI=1S/C18H14N4O/c19-11-14-1-5-16(6-2-14)18(23)21-12-15-3-7-17(8-4-15)22-10-9-20-13-22/h1-10,13H,12H2,(H,21,23). The van der Waals surface area contributed by atoms with Crippen molar-refractivity contribution >= 4 is 5.91 Å². The molecule has 0 radical (unpaired) electrons. The van der Waals surface area contributed by atoms with Gasteiger partial charge in [-0.05, 0) is 42.0 Å². The minimum Gasteiger partial charge on any atom is -0.348 e. The molecule has 0 aliphatic carbocycles. The normalized spacial score (nSPS) is 10.0. The highest BCUT2D eigenvalue weighted by molar-refractivity contribution is 5.94. The van der Waals surface area contributed by atoms with Crippen molar-refractivity contribution in [3.63, 3.8) is 0 Å². The Morgan fingerprint density at radius 3 is 2.48 bits per heavy atom. The summed E-state index contributed by atoms with van der Waals surface area (Å²) in [5, 5.41) is 11.6. The van der Waals surface area contributed by atoms with Crippen molar-refractivity contribution in [1.82, 2.24) is 14.9 Å². The minimum atomic E-state index is -0.159. The maximum atomic E-state index is 12.1. The van der Waals surface area contributed by atoms with E-state index in [-0.39, 0.29) is 5.91 Å². The zero-order valence-corrected chi connectivity index (χ0v) is 12.3. The van der Waals surface area contributed by atoms with Gasteiger partial charge in [0.2, 0.25) is 0 Å². The topological polar surface area (TPSA) is 70.7 Å². The quantitative estimate of drug-likeness (QED) is 0.805. The summed E-state index contributed by atoms with van der Waals surface area (Å²) in [5.74, 6) is -0.159. The molecule has 0 spiro atoms. The van der Waals surface area contributed by atoms with Crippen molar-refractivity contribution in [2.45, 2.75) is 6.54 Å². The van der Waals surface area contributed by atoms with Crippen molar-refractivity contribution < 1.29 is 4.79 Å². The smallest absolute Gasteiger partial charge is 0.251 e. The second-order valence-corrected chi connectivity index (χ2v) is 5.01. The van der Waals surface area contributed by atoms with E-state index >= 15 is 0 Å². The third-order valence-corrected chi connectivity index (χ3v) is 3.47. The number of nitriles is 1. The molecule has 1 amide bonds. The summed E-state index contributed by atoms with van der Waals surface area (Å²) in [7, 11) is 0. The molecule has 0 aliphatic heterocycles. The Balaban J connectivity index is 1.61. The van der Waals surface area contributed by atoms with E-state index in [9.17, 15) is 4.79 Å².